The van der Waals surface area contributed by atoms with Gasteiger partial charge in [-0.05, 0) is 31.7 Å². The zero-order valence-corrected chi connectivity index (χ0v) is 13.2. The van der Waals surface area contributed by atoms with Gasteiger partial charge < -0.3 is 9.13 Å². The fourth-order valence-electron chi connectivity index (χ4n) is 4.41. The Morgan fingerprint density at radius 1 is 1.30 bits per heavy atom. The van der Waals surface area contributed by atoms with Crippen molar-refractivity contribution >= 4 is 16.7 Å². The monoisotopic (exact) mass is 305 g/mol. The average molecular weight is 305 g/mol. The van der Waals surface area contributed by atoms with Crippen molar-refractivity contribution in [2.45, 2.75) is 39.3 Å². The highest BCUT2D eigenvalue weighted by molar-refractivity contribution is 6.12. The molecule has 1 aliphatic heterocycles. The van der Waals surface area contributed by atoms with Gasteiger partial charge >= 0.3 is 0 Å². The molecule has 3 heterocycles. The predicted octanol–water partition coefficient (Wildman–Crippen LogP) is 3.15. The Morgan fingerprint density at radius 3 is 3.04 bits per heavy atom. The van der Waals surface area contributed by atoms with E-state index in [1.165, 1.54) is 22.2 Å². The highest BCUT2D eigenvalue weighted by atomic mass is 16.1. The maximum Gasteiger partial charge on any atom is 0.170 e. The van der Waals surface area contributed by atoms with Crippen LogP contribution in [0, 0.1) is 12.8 Å². The minimum absolute atomic E-state index is 0.0672. The first-order chi connectivity index (χ1) is 11.2. The van der Waals surface area contributed by atoms with Gasteiger partial charge in [-0.3, -0.25) is 4.79 Å². The third-order valence-corrected chi connectivity index (χ3v) is 5.57. The van der Waals surface area contributed by atoms with Crippen molar-refractivity contribution < 1.29 is 4.79 Å². The van der Waals surface area contributed by atoms with Crippen molar-refractivity contribution in [3.63, 3.8) is 0 Å². The third kappa shape index (κ3) is 1.72. The molecule has 0 spiro atoms. The molecule has 1 aromatic carbocycles. The lowest BCUT2D eigenvalue weighted by atomic mass is 9.84. The van der Waals surface area contributed by atoms with E-state index < -0.39 is 0 Å². The molecule has 0 amide bonds. The lowest BCUT2D eigenvalue weighted by molar-refractivity contribution is 0.0887. The van der Waals surface area contributed by atoms with Gasteiger partial charge in [0.25, 0.3) is 0 Å². The third-order valence-electron chi connectivity index (χ3n) is 5.57. The van der Waals surface area contributed by atoms with Crippen molar-refractivity contribution in [1.82, 2.24) is 14.1 Å². The SMILES string of the molecule is Cc1nccn1C[C@H]1CCc2c(c3cccc4c3n2CC4)C1=O. The van der Waals surface area contributed by atoms with Crippen LogP contribution in [0.3, 0.4) is 0 Å². The molecule has 0 radical (unpaired) electrons. The van der Waals surface area contributed by atoms with E-state index in [1.807, 2.05) is 19.3 Å². The second-order valence-corrected chi connectivity index (χ2v) is 6.76. The van der Waals surface area contributed by atoms with Crippen LogP contribution in [0.5, 0.6) is 0 Å². The Morgan fingerprint density at radius 2 is 2.22 bits per heavy atom. The summed E-state index contributed by atoms with van der Waals surface area (Å²) < 4.78 is 4.50. The fraction of sp³-hybridized carbons (Fsp3) is 0.368. The van der Waals surface area contributed by atoms with Crippen LogP contribution < -0.4 is 0 Å². The van der Waals surface area contributed by atoms with E-state index in [-0.39, 0.29) is 5.92 Å². The van der Waals surface area contributed by atoms with Crippen molar-refractivity contribution in [2.75, 3.05) is 0 Å². The second-order valence-electron chi connectivity index (χ2n) is 6.76. The summed E-state index contributed by atoms with van der Waals surface area (Å²) in [5, 5.41) is 1.17. The molecule has 0 saturated carbocycles. The zero-order chi connectivity index (χ0) is 15.6. The summed E-state index contributed by atoms with van der Waals surface area (Å²) in [6, 6.07) is 6.43. The molecule has 1 atom stereocenters. The van der Waals surface area contributed by atoms with Crippen LogP contribution in [0.4, 0.5) is 0 Å². The topological polar surface area (TPSA) is 39.8 Å². The van der Waals surface area contributed by atoms with Crippen LogP contribution in [0.15, 0.2) is 30.6 Å². The predicted molar refractivity (Wildman–Crippen MR) is 88.7 cm³/mol. The molecule has 2 aromatic heterocycles. The molecular formula is C19H19N3O. The Hall–Kier alpha value is -2.36. The van der Waals surface area contributed by atoms with Crippen LogP contribution >= 0.6 is 0 Å². The number of hydrogen-bond acceptors (Lipinski definition) is 2. The van der Waals surface area contributed by atoms with Crippen LogP contribution in [0.1, 0.15) is 33.9 Å². The van der Waals surface area contributed by atoms with Crippen molar-refractivity contribution in [3.8, 4) is 0 Å². The van der Waals surface area contributed by atoms with Gasteiger partial charge in [-0.2, -0.15) is 0 Å². The van der Waals surface area contributed by atoms with Crippen LogP contribution in [0.2, 0.25) is 0 Å². The molecular weight excluding hydrogens is 286 g/mol. The van der Waals surface area contributed by atoms with Crippen molar-refractivity contribution in [3.05, 3.63) is 53.2 Å². The molecule has 0 N–H and O–H groups in total. The molecule has 23 heavy (non-hydrogen) atoms. The summed E-state index contributed by atoms with van der Waals surface area (Å²) in [6.07, 6.45) is 6.84. The maximum atomic E-state index is 13.2. The largest absolute Gasteiger partial charge is 0.343 e. The van der Waals surface area contributed by atoms with Crippen molar-refractivity contribution in [1.29, 1.82) is 0 Å². The van der Waals surface area contributed by atoms with E-state index >= 15 is 0 Å². The Balaban J connectivity index is 1.61. The van der Waals surface area contributed by atoms with Gasteiger partial charge in [-0.1, -0.05) is 18.2 Å². The first kappa shape index (κ1) is 13.1. The molecule has 1 aliphatic carbocycles. The zero-order valence-electron chi connectivity index (χ0n) is 13.2. The standard InChI is InChI=1S/C19H19N3O/c1-12-20-8-10-21(12)11-14-5-6-16-17(19(14)23)15-4-2-3-13-7-9-22(16)18(13)15/h2-4,8,10,14H,5-7,9,11H2,1H3/t14-/m1/s1. The smallest absolute Gasteiger partial charge is 0.170 e. The normalized spacial score (nSPS) is 19.5. The maximum absolute atomic E-state index is 13.2. The van der Waals surface area contributed by atoms with Crippen molar-refractivity contribution in [2.24, 2.45) is 5.92 Å². The number of hydrogen-bond donors (Lipinski definition) is 0. The molecule has 116 valence electrons. The molecule has 0 fully saturated rings. The summed E-state index contributed by atoms with van der Waals surface area (Å²) in [5.74, 6) is 1.37. The Labute approximate surface area is 134 Å². The Kier molecular flexibility index (Phi) is 2.61. The van der Waals surface area contributed by atoms with Gasteiger partial charge in [0.15, 0.2) is 5.78 Å². The molecule has 2 aliphatic rings. The summed E-state index contributed by atoms with van der Waals surface area (Å²) in [5.41, 5.74) is 4.97. The number of aryl methyl sites for hydroxylation is 3. The summed E-state index contributed by atoms with van der Waals surface area (Å²) in [6.45, 7) is 3.77. The summed E-state index contributed by atoms with van der Waals surface area (Å²) in [4.78, 5) is 17.4. The number of Topliss-reactive ketones (excluding diaryl/α,β-unsaturated/α-hetero) is 1. The minimum Gasteiger partial charge on any atom is -0.343 e. The Bertz CT molecular complexity index is 947. The van der Waals surface area contributed by atoms with Crippen LogP contribution in [-0.2, 0) is 25.9 Å². The van der Waals surface area contributed by atoms with Gasteiger partial charge in [0, 0.05) is 48.0 Å². The molecule has 0 saturated heterocycles. The van der Waals surface area contributed by atoms with Crippen LogP contribution in [-0.4, -0.2) is 19.9 Å². The first-order valence-corrected chi connectivity index (χ1v) is 8.39. The molecule has 0 bridgehead atoms. The fourth-order valence-corrected chi connectivity index (χ4v) is 4.41. The highest BCUT2D eigenvalue weighted by Crippen LogP contribution is 2.39. The number of nitrogens with zero attached hydrogens (tertiary/aromatic N) is 3. The molecule has 0 unspecified atom stereocenters. The van der Waals surface area contributed by atoms with Gasteiger partial charge in [-0.25, -0.2) is 4.98 Å². The number of fused-ring (bicyclic) bond motifs is 3. The van der Waals surface area contributed by atoms with Gasteiger partial charge in [0.05, 0.1) is 5.52 Å². The number of benzene rings is 1. The van der Waals surface area contributed by atoms with Gasteiger partial charge in [0.1, 0.15) is 5.82 Å². The summed E-state index contributed by atoms with van der Waals surface area (Å²) >= 11 is 0. The number of para-hydroxylation sites is 1. The van der Waals surface area contributed by atoms with E-state index in [1.54, 1.807) is 0 Å². The molecule has 4 heteroatoms. The number of carbonyl (C=O) groups is 1. The number of aromatic nitrogens is 3. The number of imidazole rings is 1. The lowest BCUT2D eigenvalue weighted by Crippen LogP contribution is -2.27. The second kappa shape index (κ2) is 4.57. The molecule has 3 aromatic rings. The first-order valence-electron chi connectivity index (χ1n) is 8.39. The average Bonchev–Trinajstić information content (AvgIpc) is 3.23. The van der Waals surface area contributed by atoms with Gasteiger partial charge in [0.2, 0.25) is 0 Å². The minimum atomic E-state index is 0.0672. The summed E-state index contributed by atoms with van der Waals surface area (Å²) in [7, 11) is 0. The van der Waals surface area contributed by atoms with E-state index in [0.717, 1.165) is 43.7 Å². The van der Waals surface area contributed by atoms with E-state index in [2.05, 4.69) is 32.3 Å². The molecule has 5 rings (SSSR count). The van der Waals surface area contributed by atoms with Crippen LogP contribution in [0.25, 0.3) is 10.9 Å². The highest BCUT2D eigenvalue weighted by Gasteiger charge is 2.34. The van der Waals surface area contributed by atoms with Gasteiger partial charge in [-0.15, -0.1) is 0 Å². The molecule has 4 nitrogen and oxygen atoms in total. The number of carbonyl (C=O) groups excluding carboxylic acids is 1. The quantitative estimate of drug-likeness (QED) is 0.729. The lowest BCUT2D eigenvalue weighted by Gasteiger charge is -2.23. The number of ketones is 1. The van der Waals surface area contributed by atoms with E-state index in [9.17, 15) is 4.79 Å². The van der Waals surface area contributed by atoms with E-state index in [0.29, 0.717) is 5.78 Å². The van der Waals surface area contributed by atoms with E-state index in [4.69, 9.17) is 0 Å². The number of rotatable bonds is 2.